The Morgan fingerprint density at radius 2 is 1.76 bits per heavy atom. The third kappa shape index (κ3) is 5.65. The first-order valence-corrected chi connectivity index (χ1v) is 10.8. The topological polar surface area (TPSA) is 92.8 Å². The fraction of sp³-hybridized carbons (Fsp3) is 0.333. The number of ketones is 1. The Balaban J connectivity index is 2.05. The van der Waals surface area contributed by atoms with E-state index in [0.717, 1.165) is 0 Å². The molecule has 0 saturated carbocycles. The molecule has 0 aliphatic carbocycles. The van der Waals surface area contributed by atoms with Gasteiger partial charge in [0.05, 0.1) is 4.90 Å². The summed E-state index contributed by atoms with van der Waals surface area (Å²) in [5.41, 5.74) is 1.62. The number of ether oxygens (including phenoxy) is 1. The van der Waals surface area contributed by atoms with Crippen molar-refractivity contribution in [1.82, 2.24) is 4.31 Å². The van der Waals surface area contributed by atoms with E-state index in [2.05, 4.69) is 5.32 Å². The van der Waals surface area contributed by atoms with Gasteiger partial charge in [-0.2, -0.15) is 4.31 Å². The third-order valence-electron chi connectivity index (χ3n) is 4.40. The molecule has 1 N–H and O–H groups in total. The molecule has 0 saturated heterocycles. The Labute approximate surface area is 171 Å². The zero-order valence-corrected chi connectivity index (χ0v) is 17.9. The van der Waals surface area contributed by atoms with Crippen LogP contribution in [0.2, 0.25) is 0 Å². The number of amides is 1. The number of Topliss-reactive ketones (excluding diaryl/α,β-unsaturated/α-hetero) is 1. The number of nitrogens with zero attached hydrogens (tertiary/aromatic N) is 1. The minimum absolute atomic E-state index is 0.0901. The highest BCUT2D eigenvalue weighted by atomic mass is 32.2. The molecule has 1 amide bonds. The van der Waals surface area contributed by atoms with Crippen LogP contribution in [-0.2, 0) is 14.8 Å². The minimum atomic E-state index is -3.55. The van der Waals surface area contributed by atoms with Crippen LogP contribution in [0.4, 0.5) is 5.69 Å². The van der Waals surface area contributed by atoms with Gasteiger partial charge < -0.3 is 10.1 Å². The van der Waals surface area contributed by atoms with Crippen LogP contribution in [0, 0.1) is 6.92 Å². The molecule has 0 aromatic heterocycles. The highest BCUT2D eigenvalue weighted by Crippen LogP contribution is 2.24. The van der Waals surface area contributed by atoms with E-state index in [4.69, 9.17) is 4.74 Å². The lowest BCUT2D eigenvalue weighted by Gasteiger charge is -2.19. The molecule has 0 atom stereocenters. The highest BCUT2D eigenvalue weighted by molar-refractivity contribution is 7.89. The molecular weight excluding hydrogens is 392 g/mol. The summed E-state index contributed by atoms with van der Waals surface area (Å²) in [7, 11) is -3.55. The predicted molar refractivity (Wildman–Crippen MR) is 112 cm³/mol. The fourth-order valence-corrected chi connectivity index (χ4v) is 4.36. The van der Waals surface area contributed by atoms with Gasteiger partial charge in [0.1, 0.15) is 5.75 Å². The van der Waals surface area contributed by atoms with Crippen LogP contribution in [0.3, 0.4) is 0 Å². The minimum Gasteiger partial charge on any atom is -0.483 e. The first kappa shape index (κ1) is 22.6. The summed E-state index contributed by atoms with van der Waals surface area (Å²) in [5, 5.41) is 2.67. The van der Waals surface area contributed by atoms with Crippen LogP contribution < -0.4 is 10.1 Å². The lowest BCUT2D eigenvalue weighted by atomic mass is 10.1. The number of aryl methyl sites for hydroxylation is 1. The molecule has 7 nitrogen and oxygen atoms in total. The van der Waals surface area contributed by atoms with E-state index < -0.39 is 10.0 Å². The van der Waals surface area contributed by atoms with E-state index >= 15 is 0 Å². The van der Waals surface area contributed by atoms with Crippen molar-refractivity contribution in [2.45, 2.75) is 32.6 Å². The summed E-state index contributed by atoms with van der Waals surface area (Å²) in [5.74, 6) is -0.0474. The first-order valence-electron chi connectivity index (χ1n) is 9.33. The van der Waals surface area contributed by atoms with Crippen LogP contribution in [-0.4, -0.2) is 44.1 Å². The molecule has 29 heavy (non-hydrogen) atoms. The van der Waals surface area contributed by atoms with Crippen LogP contribution >= 0.6 is 0 Å². The second-order valence-corrected chi connectivity index (χ2v) is 8.43. The largest absolute Gasteiger partial charge is 0.483 e. The molecule has 0 aliphatic rings. The molecule has 156 valence electrons. The van der Waals surface area contributed by atoms with Gasteiger partial charge in [0.2, 0.25) is 10.0 Å². The fourth-order valence-electron chi connectivity index (χ4n) is 2.81. The van der Waals surface area contributed by atoms with E-state index in [0.29, 0.717) is 35.7 Å². The SMILES string of the molecule is CCN(CC)S(=O)(=O)c1ccc(OCC(=O)Nc2cccc(C(C)=O)c2)c(C)c1. The van der Waals surface area contributed by atoms with Crippen LogP contribution in [0.5, 0.6) is 5.75 Å². The molecule has 0 aliphatic heterocycles. The zero-order valence-electron chi connectivity index (χ0n) is 17.1. The summed E-state index contributed by atoms with van der Waals surface area (Å²) < 4.78 is 32.1. The Morgan fingerprint density at radius 1 is 1.07 bits per heavy atom. The molecule has 0 radical (unpaired) electrons. The monoisotopic (exact) mass is 418 g/mol. The molecule has 2 aromatic rings. The van der Waals surface area contributed by atoms with E-state index in [1.54, 1.807) is 51.1 Å². The maximum Gasteiger partial charge on any atom is 0.262 e. The number of anilines is 1. The van der Waals surface area contributed by atoms with Gasteiger partial charge in [0, 0.05) is 24.3 Å². The van der Waals surface area contributed by atoms with Gasteiger partial charge in [0.25, 0.3) is 5.91 Å². The van der Waals surface area contributed by atoms with Crippen LogP contribution in [0.25, 0.3) is 0 Å². The average Bonchev–Trinajstić information content (AvgIpc) is 2.67. The van der Waals surface area contributed by atoms with E-state index in [1.165, 1.54) is 23.4 Å². The second kappa shape index (κ2) is 9.67. The summed E-state index contributed by atoms with van der Waals surface area (Å²) >= 11 is 0. The number of benzene rings is 2. The molecule has 0 heterocycles. The molecule has 2 aromatic carbocycles. The number of hydrogen-bond donors (Lipinski definition) is 1. The van der Waals surface area contributed by atoms with E-state index in [-0.39, 0.29) is 23.2 Å². The number of nitrogens with one attached hydrogen (secondary N) is 1. The van der Waals surface area contributed by atoms with Gasteiger partial charge in [-0.25, -0.2) is 8.42 Å². The Bertz CT molecular complexity index is 998. The maximum absolute atomic E-state index is 12.6. The predicted octanol–water partition coefficient (Wildman–Crippen LogP) is 3.25. The summed E-state index contributed by atoms with van der Waals surface area (Å²) in [6, 6.07) is 11.2. The van der Waals surface area contributed by atoms with Crippen molar-refractivity contribution in [3.63, 3.8) is 0 Å². The van der Waals surface area contributed by atoms with Gasteiger partial charge in [-0.05, 0) is 49.7 Å². The molecule has 2 rings (SSSR count). The average molecular weight is 419 g/mol. The summed E-state index contributed by atoms with van der Waals surface area (Å²) in [6.07, 6.45) is 0. The van der Waals surface area contributed by atoms with Crippen molar-refractivity contribution in [3.05, 3.63) is 53.6 Å². The van der Waals surface area contributed by atoms with Crippen molar-refractivity contribution in [2.75, 3.05) is 25.0 Å². The van der Waals surface area contributed by atoms with Crippen molar-refractivity contribution in [1.29, 1.82) is 0 Å². The van der Waals surface area contributed by atoms with Crippen LogP contribution in [0.15, 0.2) is 47.4 Å². The Hall–Kier alpha value is -2.71. The van der Waals surface area contributed by atoms with E-state index in [9.17, 15) is 18.0 Å². The number of hydrogen-bond acceptors (Lipinski definition) is 5. The number of carbonyl (C=O) groups excluding carboxylic acids is 2. The zero-order chi connectivity index (χ0) is 21.6. The van der Waals surface area contributed by atoms with Crippen molar-refractivity contribution in [2.24, 2.45) is 0 Å². The molecule has 0 fully saturated rings. The molecule has 0 bridgehead atoms. The standard InChI is InChI=1S/C21H26N2O5S/c1-5-23(6-2)29(26,27)19-10-11-20(15(3)12-19)28-14-21(25)22-18-9-7-8-17(13-18)16(4)24/h7-13H,5-6,14H2,1-4H3,(H,22,25). The molecule has 8 heteroatoms. The molecular formula is C21H26N2O5S. The van der Waals surface area contributed by atoms with Gasteiger partial charge in [-0.15, -0.1) is 0 Å². The van der Waals surface area contributed by atoms with Gasteiger partial charge >= 0.3 is 0 Å². The molecule has 0 spiro atoms. The van der Waals surface area contributed by atoms with Gasteiger partial charge in [-0.3, -0.25) is 9.59 Å². The Kier molecular flexibility index (Phi) is 7.53. The van der Waals surface area contributed by atoms with Gasteiger partial charge in [-0.1, -0.05) is 26.0 Å². The number of rotatable bonds is 9. The second-order valence-electron chi connectivity index (χ2n) is 6.49. The lowest BCUT2D eigenvalue weighted by molar-refractivity contribution is -0.118. The smallest absolute Gasteiger partial charge is 0.262 e. The Morgan fingerprint density at radius 3 is 2.34 bits per heavy atom. The van der Waals surface area contributed by atoms with Crippen molar-refractivity contribution >= 4 is 27.4 Å². The molecule has 0 unspecified atom stereocenters. The number of sulfonamides is 1. The van der Waals surface area contributed by atoms with Gasteiger partial charge in [0.15, 0.2) is 12.4 Å². The maximum atomic E-state index is 12.6. The van der Waals surface area contributed by atoms with Crippen LogP contribution in [0.1, 0.15) is 36.7 Å². The van der Waals surface area contributed by atoms with E-state index in [1.807, 2.05) is 0 Å². The summed E-state index contributed by atoms with van der Waals surface area (Å²) in [4.78, 5) is 23.8. The first-order chi connectivity index (χ1) is 13.7. The van der Waals surface area contributed by atoms with Crippen molar-refractivity contribution < 1.29 is 22.7 Å². The number of carbonyl (C=O) groups is 2. The highest BCUT2D eigenvalue weighted by Gasteiger charge is 2.22. The quantitative estimate of drug-likeness (QED) is 0.631. The lowest BCUT2D eigenvalue weighted by Crippen LogP contribution is -2.30. The summed E-state index contributed by atoms with van der Waals surface area (Å²) in [6.45, 7) is 7.30. The van der Waals surface area contributed by atoms with Crippen molar-refractivity contribution in [3.8, 4) is 5.75 Å². The normalized spacial score (nSPS) is 11.3. The third-order valence-corrected chi connectivity index (χ3v) is 6.45.